The maximum Gasteiger partial charge on any atom is 0.255 e. The van der Waals surface area contributed by atoms with Crippen LogP contribution in [0.1, 0.15) is 66.2 Å². The van der Waals surface area contributed by atoms with Crippen molar-refractivity contribution in [3.63, 3.8) is 0 Å². The Morgan fingerprint density at radius 3 is 2.61 bits per heavy atom. The normalized spacial score (nSPS) is 21.2. The first kappa shape index (κ1) is 22.4. The molecule has 0 aromatic carbocycles. The van der Waals surface area contributed by atoms with E-state index in [1.807, 2.05) is 14.0 Å². The fraction of sp³-hybridized carbons (Fsp3) is 0.583. The fourth-order valence-corrected chi connectivity index (χ4v) is 7.09. The summed E-state index contributed by atoms with van der Waals surface area (Å²) in [4.78, 5) is 39.7. The molecular weight excluding hydrogens is 441 g/mol. The van der Waals surface area contributed by atoms with Crippen molar-refractivity contribution in [3.05, 3.63) is 28.0 Å². The van der Waals surface area contributed by atoms with E-state index in [2.05, 4.69) is 27.1 Å². The number of likely N-dealkylation sites (tertiary alicyclic amines) is 1. The van der Waals surface area contributed by atoms with Crippen LogP contribution in [0.3, 0.4) is 0 Å². The van der Waals surface area contributed by atoms with Gasteiger partial charge in [0.1, 0.15) is 11.5 Å². The Labute approximate surface area is 197 Å². The highest BCUT2D eigenvalue weighted by molar-refractivity contribution is 7.16. The molecule has 2 aromatic heterocycles. The van der Waals surface area contributed by atoms with Gasteiger partial charge in [0.15, 0.2) is 5.82 Å². The Balaban J connectivity index is 1.47. The molecule has 33 heavy (non-hydrogen) atoms. The summed E-state index contributed by atoms with van der Waals surface area (Å²) in [7, 11) is 1.82. The van der Waals surface area contributed by atoms with Gasteiger partial charge < -0.3 is 15.1 Å². The van der Waals surface area contributed by atoms with Crippen LogP contribution in [0.4, 0.5) is 10.3 Å². The summed E-state index contributed by atoms with van der Waals surface area (Å²) >= 11 is 1.45. The maximum absolute atomic E-state index is 14.9. The van der Waals surface area contributed by atoms with E-state index >= 15 is 0 Å². The van der Waals surface area contributed by atoms with Crippen molar-refractivity contribution in [2.75, 3.05) is 32.0 Å². The van der Waals surface area contributed by atoms with Gasteiger partial charge in [-0.05, 0) is 44.7 Å². The second kappa shape index (κ2) is 8.43. The SMILES string of the molecule is CCN1CCC(Nc2ncc(F)c(-c3sc4c(c3C)C(=O)N(C)C43CCC(=O)CC3)n2)CC1. The van der Waals surface area contributed by atoms with Crippen molar-refractivity contribution < 1.29 is 14.0 Å². The molecule has 5 rings (SSSR count). The summed E-state index contributed by atoms with van der Waals surface area (Å²) < 4.78 is 14.9. The largest absolute Gasteiger partial charge is 0.351 e. The van der Waals surface area contributed by atoms with Crippen LogP contribution in [-0.4, -0.2) is 64.2 Å². The molecule has 2 fully saturated rings. The summed E-state index contributed by atoms with van der Waals surface area (Å²) in [5.74, 6) is 0.134. The van der Waals surface area contributed by atoms with Crippen molar-refractivity contribution in [1.29, 1.82) is 0 Å². The van der Waals surface area contributed by atoms with Gasteiger partial charge in [-0.2, -0.15) is 0 Å². The topological polar surface area (TPSA) is 78.4 Å². The summed E-state index contributed by atoms with van der Waals surface area (Å²) in [6, 6.07) is 0.263. The maximum atomic E-state index is 14.9. The summed E-state index contributed by atoms with van der Waals surface area (Å²) in [5, 5.41) is 3.39. The molecule has 1 aliphatic carbocycles. The standard InChI is InChI=1S/C24H30FN5O2S/c1-4-30-11-7-15(8-12-30)27-23-26-13-17(25)19(28-23)20-14(2)18-21(33-20)24(29(3)22(18)32)9-5-16(31)6-10-24/h13,15H,4-12H2,1-3H3,(H,26,27,28). The Morgan fingerprint density at radius 1 is 1.24 bits per heavy atom. The number of fused-ring (bicyclic) bond motifs is 2. The summed E-state index contributed by atoms with van der Waals surface area (Å²) in [6.07, 6.45) is 5.40. The molecule has 0 unspecified atom stereocenters. The van der Waals surface area contributed by atoms with Gasteiger partial charge in [0, 0.05) is 43.9 Å². The molecule has 2 aliphatic heterocycles. The Hall–Kier alpha value is -2.39. The van der Waals surface area contributed by atoms with Crippen LogP contribution in [0.15, 0.2) is 6.20 Å². The van der Waals surface area contributed by atoms with Crippen LogP contribution in [0.2, 0.25) is 0 Å². The van der Waals surface area contributed by atoms with Gasteiger partial charge in [0.2, 0.25) is 5.95 Å². The van der Waals surface area contributed by atoms with Crippen LogP contribution in [0.25, 0.3) is 10.6 Å². The number of hydrogen-bond donors (Lipinski definition) is 1. The van der Waals surface area contributed by atoms with Gasteiger partial charge >= 0.3 is 0 Å². The van der Waals surface area contributed by atoms with E-state index < -0.39 is 11.4 Å². The molecule has 1 spiro atoms. The van der Waals surface area contributed by atoms with E-state index in [1.165, 1.54) is 17.5 Å². The number of carbonyl (C=O) groups excluding carboxylic acids is 2. The van der Waals surface area contributed by atoms with Crippen molar-refractivity contribution in [2.45, 2.75) is 64.0 Å². The van der Waals surface area contributed by atoms with Crippen LogP contribution in [0.5, 0.6) is 0 Å². The molecule has 176 valence electrons. The van der Waals surface area contributed by atoms with E-state index in [4.69, 9.17) is 0 Å². The number of rotatable bonds is 4. The fourth-order valence-electron chi connectivity index (χ4n) is 5.52. The Bertz CT molecular complexity index is 1100. The third-order valence-electron chi connectivity index (χ3n) is 7.69. The second-order valence-electron chi connectivity index (χ2n) is 9.44. The third kappa shape index (κ3) is 3.65. The third-order valence-corrected chi connectivity index (χ3v) is 9.18. The monoisotopic (exact) mass is 471 g/mol. The molecule has 4 heterocycles. The number of amides is 1. The predicted octanol–water partition coefficient (Wildman–Crippen LogP) is 3.97. The number of Topliss-reactive ketones (excluding diaryl/α,β-unsaturated/α-hetero) is 1. The number of ketones is 1. The lowest BCUT2D eigenvalue weighted by Gasteiger charge is -2.39. The first-order valence-electron chi connectivity index (χ1n) is 11.8. The van der Waals surface area contributed by atoms with Crippen LogP contribution in [-0.2, 0) is 10.3 Å². The number of halogens is 1. The number of nitrogens with zero attached hydrogens (tertiary/aromatic N) is 4. The number of nitrogens with one attached hydrogen (secondary N) is 1. The number of aromatic nitrogens is 2. The highest BCUT2D eigenvalue weighted by atomic mass is 32.1. The first-order valence-corrected chi connectivity index (χ1v) is 12.6. The van der Waals surface area contributed by atoms with E-state index in [0.717, 1.165) is 42.9 Å². The summed E-state index contributed by atoms with van der Waals surface area (Å²) in [5.41, 5.74) is 1.20. The second-order valence-corrected chi connectivity index (χ2v) is 10.5. The quantitative estimate of drug-likeness (QED) is 0.727. The van der Waals surface area contributed by atoms with Gasteiger partial charge in [-0.15, -0.1) is 11.3 Å². The highest BCUT2D eigenvalue weighted by Crippen LogP contribution is 2.53. The lowest BCUT2D eigenvalue weighted by molar-refractivity contribution is -0.122. The van der Waals surface area contributed by atoms with Gasteiger partial charge in [0.05, 0.1) is 22.2 Å². The zero-order valence-electron chi connectivity index (χ0n) is 19.4. The van der Waals surface area contributed by atoms with E-state index in [0.29, 0.717) is 42.1 Å². The molecule has 1 amide bonds. The number of anilines is 1. The lowest BCUT2D eigenvalue weighted by atomic mass is 9.80. The van der Waals surface area contributed by atoms with Gasteiger partial charge in [-0.25, -0.2) is 14.4 Å². The minimum Gasteiger partial charge on any atom is -0.351 e. The van der Waals surface area contributed by atoms with Crippen molar-refractivity contribution in [2.24, 2.45) is 0 Å². The highest BCUT2D eigenvalue weighted by Gasteiger charge is 2.52. The zero-order chi connectivity index (χ0) is 23.3. The van der Waals surface area contributed by atoms with E-state index in [9.17, 15) is 14.0 Å². The number of hydrogen-bond acceptors (Lipinski definition) is 7. The van der Waals surface area contributed by atoms with Crippen molar-refractivity contribution in [1.82, 2.24) is 19.8 Å². The van der Waals surface area contributed by atoms with Crippen molar-refractivity contribution >= 4 is 29.0 Å². The minimum atomic E-state index is -0.488. The number of carbonyl (C=O) groups is 2. The molecule has 1 saturated heterocycles. The Kier molecular flexibility index (Phi) is 5.73. The molecular formula is C24H30FN5O2S. The predicted molar refractivity (Wildman–Crippen MR) is 126 cm³/mol. The molecule has 0 radical (unpaired) electrons. The average molecular weight is 472 g/mol. The lowest BCUT2D eigenvalue weighted by Crippen LogP contribution is -2.43. The van der Waals surface area contributed by atoms with Gasteiger partial charge in [-0.1, -0.05) is 6.92 Å². The molecule has 9 heteroatoms. The minimum absolute atomic E-state index is 0.0464. The summed E-state index contributed by atoms with van der Waals surface area (Å²) in [6.45, 7) is 7.15. The van der Waals surface area contributed by atoms with Crippen LogP contribution >= 0.6 is 11.3 Å². The number of piperidine rings is 1. The molecule has 0 bridgehead atoms. The molecule has 0 atom stereocenters. The van der Waals surface area contributed by atoms with Gasteiger partial charge in [-0.3, -0.25) is 9.59 Å². The van der Waals surface area contributed by atoms with Crippen LogP contribution < -0.4 is 5.32 Å². The molecule has 7 nitrogen and oxygen atoms in total. The average Bonchev–Trinajstić information content (AvgIpc) is 3.26. The Morgan fingerprint density at radius 2 is 1.94 bits per heavy atom. The van der Waals surface area contributed by atoms with E-state index in [1.54, 1.807) is 4.90 Å². The first-order chi connectivity index (χ1) is 15.8. The molecule has 2 aromatic rings. The zero-order valence-corrected chi connectivity index (χ0v) is 20.2. The van der Waals surface area contributed by atoms with Gasteiger partial charge in [0.25, 0.3) is 5.91 Å². The van der Waals surface area contributed by atoms with E-state index in [-0.39, 0.29) is 23.4 Å². The molecule has 3 aliphatic rings. The van der Waals surface area contributed by atoms with Crippen molar-refractivity contribution in [3.8, 4) is 10.6 Å². The smallest absolute Gasteiger partial charge is 0.255 e. The van der Waals surface area contributed by atoms with Crippen LogP contribution in [0, 0.1) is 12.7 Å². The molecule has 1 saturated carbocycles. The number of thiophene rings is 1. The molecule has 1 N–H and O–H groups in total.